The number of carbonyl (C=O) groups is 1. The van der Waals surface area contributed by atoms with Gasteiger partial charge in [-0.05, 0) is 53.0 Å². The maximum absolute atomic E-state index is 13.0. The van der Waals surface area contributed by atoms with Gasteiger partial charge < -0.3 is 14.4 Å². The molecule has 1 amide bonds. The molecule has 0 bridgehead atoms. The number of methoxy groups -OCH3 is 2. The molecule has 1 unspecified atom stereocenters. The molecule has 5 heteroatoms. The van der Waals surface area contributed by atoms with Crippen LogP contribution in [0.25, 0.3) is 0 Å². The van der Waals surface area contributed by atoms with Gasteiger partial charge in [0.1, 0.15) is 11.5 Å². The molecule has 0 aliphatic carbocycles. The van der Waals surface area contributed by atoms with Crippen LogP contribution >= 0.6 is 15.9 Å². The van der Waals surface area contributed by atoms with Gasteiger partial charge in [-0.25, -0.2) is 0 Å². The summed E-state index contributed by atoms with van der Waals surface area (Å²) in [4.78, 5) is 14.9. The molecule has 1 saturated heterocycles. The number of likely N-dealkylation sites (tertiary alicyclic amines) is 1. The zero-order chi connectivity index (χ0) is 17.1. The second-order valence-electron chi connectivity index (χ2n) is 5.74. The Morgan fingerprint density at radius 3 is 2.67 bits per heavy atom. The van der Waals surface area contributed by atoms with Crippen molar-refractivity contribution in [2.45, 2.75) is 18.9 Å². The minimum absolute atomic E-state index is 0.0189. The molecule has 1 atom stereocenters. The number of nitrogens with zero attached hydrogens (tertiary/aromatic N) is 1. The van der Waals surface area contributed by atoms with Crippen molar-refractivity contribution in [3.05, 3.63) is 58.1 Å². The van der Waals surface area contributed by atoms with Crippen LogP contribution in [0.2, 0.25) is 0 Å². The highest BCUT2D eigenvalue weighted by molar-refractivity contribution is 9.10. The van der Waals surface area contributed by atoms with Gasteiger partial charge in [0.15, 0.2) is 0 Å². The number of hydrogen-bond donors (Lipinski definition) is 0. The van der Waals surface area contributed by atoms with Gasteiger partial charge in [-0.3, -0.25) is 4.79 Å². The fourth-order valence-corrected chi connectivity index (χ4v) is 3.67. The van der Waals surface area contributed by atoms with E-state index < -0.39 is 0 Å². The number of amides is 1. The van der Waals surface area contributed by atoms with Crippen molar-refractivity contribution in [1.82, 2.24) is 4.90 Å². The maximum atomic E-state index is 13.0. The maximum Gasteiger partial charge on any atom is 0.255 e. The van der Waals surface area contributed by atoms with Crippen molar-refractivity contribution < 1.29 is 14.3 Å². The standard InChI is InChI=1S/C19H20BrNO3/c1-23-13-9-10-15(18(12-13)24-2)17-8-5-11-21(17)19(22)14-6-3-4-7-16(14)20/h3-4,6-7,9-10,12,17H,5,8,11H2,1-2H3. The van der Waals surface area contributed by atoms with Crippen molar-refractivity contribution in [3.8, 4) is 11.5 Å². The molecule has 3 rings (SSSR count). The Morgan fingerprint density at radius 2 is 1.96 bits per heavy atom. The van der Waals surface area contributed by atoms with Crippen molar-refractivity contribution in [2.24, 2.45) is 0 Å². The molecular formula is C19H20BrNO3. The Hall–Kier alpha value is -2.01. The molecule has 1 fully saturated rings. The van der Waals surface area contributed by atoms with Crippen molar-refractivity contribution in [1.29, 1.82) is 0 Å². The first kappa shape index (κ1) is 16.8. The molecule has 0 radical (unpaired) electrons. The van der Waals surface area contributed by atoms with Crippen molar-refractivity contribution >= 4 is 21.8 Å². The smallest absolute Gasteiger partial charge is 0.255 e. The molecule has 24 heavy (non-hydrogen) atoms. The molecule has 4 nitrogen and oxygen atoms in total. The van der Waals surface area contributed by atoms with Crippen LogP contribution in [0.4, 0.5) is 0 Å². The third-order valence-electron chi connectivity index (χ3n) is 4.42. The number of halogens is 1. The van der Waals surface area contributed by atoms with Gasteiger partial charge in [0.25, 0.3) is 5.91 Å². The topological polar surface area (TPSA) is 38.8 Å². The van der Waals surface area contributed by atoms with Gasteiger partial charge >= 0.3 is 0 Å². The lowest BCUT2D eigenvalue weighted by Crippen LogP contribution is -2.31. The Morgan fingerprint density at radius 1 is 1.17 bits per heavy atom. The van der Waals surface area contributed by atoms with E-state index in [0.717, 1.165) is 40.9 Å². The molecule has 0 saturated carbocycles. The predicted molar refractivity (Wildman–Crippen MR) is 96.7 cm³/mol. The molecular weight excluding hydrogens is 370 g/mol. The lowest BCUT2D eigenvalue weighted by Gasteiger charge is -2.27. The summed E-state index contributed by atoms with van der Waals surface area (Å²) in [7, 11) is 3.28. The molecule has 0 aromatic heterocycles. The first-order valence-corrected chi connectivity index (χ1v) is 8.72. The highest BCUT2D eigenvalue weighted by atomic mass is 79.9. The van der Waals surface area contributed by atoms with Crippen LogP contribution in [0, 0.1) is 0 Å². The molecule has 2 aromatic rings. The van der Waals surface area contributed by atoms with Gasteiger partial charge in [-0.2, -0.15) is 0 Å². The normalized spacial score (nSPS) is 17.0. The Balaban J connectivity index is 1.94. The quantitative estimate of drug-likeness (QED) is 0.775. The fraction of sp³-hybridized carbons (Fsp3) is 0.316. The van der Waals surface area contributed by atoms with E-state index in [0.29, 0.717) is 5.56 Å². The Bertz CT molecular complexity index is 747. The molecule has 1 heterocycles. The van der Waals surface area contributed by atoms with Crippen molar-refractivity contribution in [2.75, 3.05) is 20.8 Å². The van der Waals surface area contributed by atoms with Crippen LogP contribution in [0.3, 0.4) is 0 Å². The van der Waals surface area contributed by atoms with Gasteiger partial charge in [0.2, 0.25) is 0 Å². The molecule has 2 aromatic carbocycles. The van der Waals surface area contributed by atoms with E-state index in [-0.39, 0.29) is 11.9 Å². The largest absolute Gasteiger partial charge is 0.497 e. The lowest BCUT2D eigenvalue weighted by molar-refractivity contribution is 0.0733. The average Bonchev–Trinajstić information content (AvgIpc) is 3.10. The van der Waals surface area contributed by atoms with E-state index in [1.54, 1.807) is 14.2 Å². The van der Waals surface area contributed by atoms with Gasteiger partial charge in [-0.15, -0.1) is 0 Å². The first-order chi connectivity index (χ1) is 11.7. The highest BCUT2D eigenvalue weighted by Gasteiger charge is 2.33. The van der Waals surface area contributed by atoms with Gasteiger partial charge in [0, 0.05) is 22.6 Å². The van der Waals surface area contributed by atoms with Crippen LogP contribution < -0.4 is 9.47 Å². The van der Waals surface area contributed by atoms with Gasteiger partial charge in [-0.1, -0.05) is 12.1 Å². The second-order valence-corrected chi connectivity index (χ2v) is 6.60. The first-order valence-electron chi connectivity index (χ1n) is 7.93. The number of carbonyl (C=O) groups excluding carboxylic acids is 1. The van der Waals surface area contributed by atoms with E-state index in [4.69, 9.17) is 9.47 Å². The summed E-state index contributed by atoms with van der Waals surface area (Å²) in [6.07, 6.45) is 1.91. The van der Waals surface area contributed by atoms with E-state index in [1.165, 1.54) is 0 Å². The third-order valence-corrected chi connectivity index (χ3v) is 5.11. The van der Waals surface area contributed by atoms with E-state index >= 15 is 0 Å². The predicted octanol–water partition coefficient (Wildman–Crippen LogP) is 4.44. The molecule has 0 N–H and O–H groups in total. The van der Waals surface area contributed by atoms with Crippen LogP contribution in [-0.4, -0.2) is 31.6 Å². The zero-order valence-corrected chi connectivity index (χ0v) is 15.4. The summed E-state index contributed by atoms with van der Waals surface area (Å²) in [5.41, 5.74) is 1.72. The monoisotopic (exact) mass is 389 g/mol. The lowest BCUT2D eigenvalue weighted by atomic mass is 10.0. The van der Waals surface area contributed by atoms with Crippen LogP contribution in [0.15, 0.2) is 46.9 Å². The zero-order valence-electron chi connectivity index (χ0n) is 13.8. The fourth-order valence-electron chi connectivity index (χ4n) is 3.22. The minimum Gasteiger partial charge on any atom is -0.497 e. The molecule has 1 aliphatic heterocycles. The van der Waals surface area contributed by atoms with Crippen LogP contribution in [0.1, 0.15) is 34.8 Å². The van der Waals surface area contributed by atoms with E-state index in [2.05, 4.69) is 15.9 Å². The number of hydrogen-bond acceptors (Lipinski definition) is 3. The van der Waals surface area contributed by atoms with E-state index in [1.807, 2.05) is 47.4 Å². The number of ether oxygens (including phenoxy) is 2. The Labute approximate surface area is 150 Å². The Kier molecular flexibility index (Phi) is 5.09. The summed E-state index contributed by atoms with van der Waals surface area (Å²) in [5, 5.41) is 0. The van der Waals surface area contributed by atoms with Crippen LogP contribution in [-0.2, 0) is 0 Å². The molecule has 1 aliphatic rings. The summed E-state index contributed by atoms with van der Waals surface area (Å²) in [6.45, 7) is 0.750. The van der Waals surface area contributed by atoms with E-state index in [9.17, 15) is 4.79 Å². The summed E-state index contributed by atoms with van der Waals surface area (Å²) >= 11 is 3.48. The molecule has 126 valence electrons. The van der Waals surface area contributed by atoms with Crippen molar-refractivity contribution in [3.63, 3.8) is 0 Å². The number of rotatable bonds is 4. The highest BCUT2D eigenvalue weighted by Crippen LogP contribution is 2.39. The van der Waals surface area contributed by atoms with Gasteiger partial charge in [0.05, 0.1) is 25.8 Å². The summed E-state index contributed by atoms with van der Waals surface area (Å²) in [5.74, 6) is 1.55. The summed E-state index contributed by atoms with van der Waals surface area (Å²) in [6, 6.07) is 13.3. The minimum atomic E-state index is 0.0189. The molecule has 0 spiro atoms. The third kappa shape index (κ3) is 3.13. The second kappa shape index (κ2) is 7.26. The summed E-state index contributed by atoms with van der Waals surface area (Å²) < 4.78 is 11.6. The van der Waals surface area contributed by atoms with Crippen LogP contribution in [0.5, 0.6) is 11.5 Å². The SMILES string of the molecule is COc1ccc(C2CCCN2C(=O)c2ccccc2Br)c(OC)c1. The average molecular weight is 390 g/mol. The number of benzene rings is 2.